The van der Waals surface area contributed by atoms with Crippen LogP contribution in [0.2, 0.25) is 0 Å². The number of hydrogen-bond donors (Lipinski definition) is 1. The lowest BCUT2D eigenvalue weighted by molar-refractivity contribution is 0.832. The van der Waals surface area contributed by atoms with E-state index in [0.717, 1.165) is 10.9 Å². The van der Waals surface area contributed by atoms with Gasteiger partial charge in [-0.2, -0.15) is 15.5 Å². The van der Waals surface area contributed by atoms with Gasteiger partial charge in [0.25, 0.3) is 0 Å². The minimum atomic E-state index is 0.403. The second-order valence-electron chi connectivity index (χ2n) is 3.75. The van der Waals surface area contributed by atoms with Crippen LogP contribution in [-0.4, -0.2) is 20.0 Å². The third-order valence-corrected chi connectivity index (χ3v) is 2.62. The van der Waals surface area contributed by atoms with Crippen LogP contribution in [-0.2, 0) is 0 Å². The normalized spacial score (nSPS) is 10.4. The van der Waals surface area contributed by atoms with E-state index >= 15 is 0 Å². The van der Waals surface area contributed by atoms with Crippen LogP contribution in [0.25, 0.3) is 16.7 Å². The zero-order chi connectivity index (χ0) is 12.5. The SMILES string of the molecule is N#Cc1ccnnc1-n1ncc2ccc(N)cc21. The summed E-state index contributed by atoms with van der Waals surface area (Å²) >= 11 is 0. The Morgan fingerprint density at radius 1 is 1.28 bits per heavy atom. The molecule has 0 aliphatic rings. The molecule has 1 aromatic carbocycles. The van der Waals surface area contributed by atoms with Crippen LogP contribution in [0.1, 0.15) is 5.56 Å². The number of nitrogen functional groups attached to an aromatic ring is 1. The average Bonchev–Trinajstić information content (AvgIpc) is 2.81. The molecule has 6 heteroatoms. The Morgan fingerprint density at radius 3 is 3.00 bits per heavy atom. The predicted molar refractivity (Wildman–Crippen MR) is 65.8 cm³/mol. The Kier molecular flexibility index (Phi) is 2.17. The highest BCUT2D eigenvalue weighted by Crippen LogP contribution is 2.20. The van der Waals surface area contributed by atoms with Crippen molar-refractivity contribution < 1.29 is 0 Å². The van der Waals surface area contributed by atoms with Crippen LogP contribution in [0, 0.1) is 11.3 Å². The van der Waals surface area contributed by atoms with E-state index in [1.54, 1.807) is 29.1 Å². The fourth-order valence-electron chi connectivity index (χ4n) is 1.77. The Balaban J connectivity index is 2.32. The van der Waals surface area contributed by atoms with Gasteiger partial charge in [-0.3, -0.25) is 0 Å². The molecule has 0 fully saturated rings. The van der Waals surface area contributed by atoms with Crippen LogP contribution >= 0.6 is 0 Å². The van der Waals surface area contributed by atoms with Crippen LogP contribution in [0.4, 0.5) is 5.69 Å². The van der Waals surface area contributed by atoms with Gasteiger partial charge in [-0.25, -0.2) is 4.68 Å². The van der Waals surface area contributed by atoms with Crippen LogP contribution < -0.4 is 5.73 Å². The summed E-state index contributed by atoms with van der Waals surface area (Å²) in [7, 11) is 0. The van der Waals surface area contributed by atoms with Gasteiger partial charge in [0.2, 0.25) is 0 Å². The molecule has 3 aromatic rings. The van der Waals surface area contributed by atoms with Crippen molar-refractivity contribution in [2.75, 3.05) is 5.73 Å². The summed E-state index contributed by atoms with van der Waals surface area (Å²) in [6.45, 7) is 0. The van der Waals surface area contributed by atoms with E-state index in [2.05, 4.69) is 21.4 Å². The van der Waals surface area contributed by atoms with Crippen LogP contribution in [0.3, 0.4) is 0 Å². The zero-order valence-corrected chi connectivity index (χ0v) is 9.28. The van der Waals surface area contributed by atoms with Crippen LogP contribution in [0.15, 0.2) is 36.7 Å². The molecule has 86 valence electrons. The van der Waals surface area contributed by atoms with Gasteiger partial charge < -0.3 is 5.73 Å². The number of aromatic nitrogens is 4. The maximum absolute atomic E-state index is 9.06. The fraction of sp³-hybridized carbons (Fsp3) is 0. The Morgan fingerprint density at radius 2 is 2.17 bits per heavy atom. The molecular formula is C12H8N6. The van der Waals surface area contributed by atoms with Crippen molar-refractivity contribution in [1.82, 2.24) is 20.0 Å². The van der Waals surface area contributed by atoms with Crippen molar-refractivity contribution in [3.05, 3.63) is 42.2 Å². The van der Waals surface area contributed by atoms with Crippen molar-refractivity contribution in [1.29, 1.82) is 5.26 Å². The molecule has 3 rings (SSSR count). The Bertz CT molecular complexity index is 768. The molecule has 0 bridgehead atoms. The number of nitrogens with zero attached hydrogens (tertiary/aromatic N) is 5. The summed E-state index contributed by atoms with van der Waals surface area (Å²) in [6, 6.07) is 9.13. The molecule has 0 aliphatic carbocycles. The number of benzene rings is 1. The number of fused-ring (bicyclic) bond motifs is 1. The van der Waals surface area contributed by atoms with Crippen molar-refractivity contribution >= 4 is 16.6 Å². The molecule has 0 amide bonds. The summed E-state index contributed by atoms with van der Waals surface area (Å²) in [4.78, 5) is 0. The molecule has 0 spiro atoms. The van der Waals surface area contributed by atoms with Crippen LogP contribution in [0.5, 0.6) is 0 Å². The second-order valence-corrected chi connectivity index (χ2v) is 3.75. The number of rotatable bonds is 1. The number of nitrogens with two attached hydrogens (primary N) is 1. The largest absolute Gasteiger partial charge is 0.399 e. The number of anilines is 1. The topological polar surface area (TPSA) is 93.4 Å². The van der Waals surface area contributed by atoms with E-state index in [0.29, 0.717) is 17.1 Å². The highest BCUT2D eigenvalue weighted by atomic mass is 15.3. The lowest BCUT2D eigenvalue weighted by Crippen LogP contribution is -2.03. The molecule has 0 saturated heterocycles. The first-order valence-electron chi connectivity index (χ1n) is 5.25. The van der Waals surface area contributed by atoms with Gasteiger partial charge in [0.1, 0.15) is 11.6 Å². The molecule has 2 N–H and O–H groups in total. The molecule has 2 aromatic heterocycles. The van der Waals surface area contributed by atoms with E-state index in [9.17, 15) is 0 Å². The fourth-order valence-corrected chi connectivity index (χ4v) is 1.77. The monoisotopic (exact) mass is 236 g/mol. The molecule has 18 heavy (non-hydrogen) atoms. The maximum Gasteiger partial charge on any atom is 0.194 e. The first-order chi connectivity index (χ1) is 8.79. The minimum absolute atomic E-state index is 0.403. The van der Waals surface area contributed by atoms with E-state index in [4.69, 9.17) is 11.0 Å². The summed E-state index contributed by atoms with van der Waals surface area (Å²) in [5.41, 5.74) is 7.60. The molecule has 0 unspecified atom stereocenters. The van der Waals surface area contributed by atoms with Crippen molar-refractivity contribution in [2.45, 2.75) is 0 Å². The molecule has 0 aliphatic heterocycles. The van der Waals surface area contributed by atoms with E-state index in [1.165, 1.54) is 6.20 Å². The Hall–Kier alpha value is -2.94. The van der Waals surface area contributed by atoms with Gasteiger partial charge in [-0.05, 0) is 24.3 Å². The average molecular weight is 236 g/mol. The smallest absolute Gasteiger partial charge is 0.194 e. The lowest BCUT2D eigenvalue weighted by atomic mass is 10.2. The van der Waals surface area contributed by atoms with E-state index in [-0.39, 0.29) is 0 Å². The quantitative estimate of drug-likeness (QED) is 0.642. The lowest BCUT2D eigenvalue weighted by Gasteiger charge is -2.03. The first kappa shape index (κ1) is 10.2. The first-order valence-corrected chi connectivity index (χ1v) is 5.25. The summed E-state index contributed by atoms with van der Waals surface area (Å²) < 4.78 is 1.57. The van der Waals surface area contributed by atoms with Crippen molar-refractivity contribution in [2.24, 2.45) is 0 Å². The Labute approximate surface area is 102 Å². The molecular weight excluding hydrogens is 228 g/mol. The highest BCUT2D eigenvalue weighted by molar-refractivity contribution is 5.83. The van der Waals surface area contributed by atoms with Gasteiger partial charge in [-0.1, -0.05) is 0 Å². The van der Waals surface area contributed by atoms with Crippen molar-refractivity contribution in [3.63, 3.8) is 0 Å². The number of hydrogen-bond acceptors (Lipinski definition) is 5. The number of nitriles is 1. The zero-order valence-electron chi connectivity index (χ0n) is 9.28. The molecule has 6 nitrogen and oxygen atoms in total. The van der Waals surface area contributed by atoms with Gasteiger partial charge in [0.15, 0.2) is 5.82 Å². The molecule has 0 radical (unpaired) electrons. The van der Waals surface area contributed by atoms with E-state index < -0.39 is 0 Å². The molecule has 0 atom stereocenters. The maximum atomic E-state index is 9.06. The summed E-state index contributed by atoms with van der Waals surface area (Å²) in [5.74, 6) is 0.403. The van der Waals surface area contributed by atoms with Gasteiger partial charge in [0.05, 0.1) is 17.9 Å². The summed E-state index contributed by atoms with van der Waals surface area (Å²) in [6.07, 6.45) is 3.17. The van der Waals surface area contributed by atoms with Gasteiger partial charge >= 0.3 is 0 Å². The van der Waals surface area contributed by atoms with Gasteiger partial charge in [0, 0.05) is 11.1 Å². The third-order valence-electron chi connectivity index (χ3n) is 2.62. The standard InChI is InChI=1S/C12H8N6/c13-6-8-3-4-15-17-12(8)18-11-5-10(14)2-1-9(11)7-16-18/h1-5,7H,14H2. The highest BCUT2D eigenvalue weighted by Gasteiger charge is 2.10. The molecule has 0 saturated carbocycles. The minimum Gasteiger partial charge on any atom is -0.399 e. The predicted octanol–water partition coefficient (Wildman–Crippen LogP) is 1.27. The third kappa shape index (κ3) is 1.46. The van der Waals surface area contributed by atoms with Gasteiger partial charge in [-0.15, -0.1) is 5.10 Å². The van der Waals surface area contributed by atoms with E-state index in [1.807, 2.05) is 6.07 Å². The second kappa shape index (κ2) is 3.82. The van der Waals surface area contributed by atoms with Crippen molar-refractivity contribution in [3.8, 4) is 11.9 Å². The molecule has 2 heterocycles. The summed E-state index contributed by atoms with van der Waals surface area (Å²) in [5, 5.41) is 22.0.